The number of aryl methyl sites for hydroxylation is 1. The second-order valence-electron chi connectivity index (χ2n) is 4.26. The van der Waals surface area contributed by atoms with Gasteiger partial charge in [0, 0.05) is 11.4 Å². The molecule has 0 aliphatic carbocycles. The van der Waals surface area contributed by atoms with Crippen LogP contribution in [0.1, 0.15) is 23.8 Å². The molecule has 0 unspecified atom stereocenters. The maximum absolute atomic E-state index is 12.2. The van der Waals surface area contributed by atoms with Gasteiger partial charge in [0.05, 0.1) is 5.56 Å². The van der Waals surface area contributed by atoms with Gasteiger partial charge in [-0.15, -0.1) is 11.3 Å². The summed E-state index contributed by atoms with van der Waals surface area (Å²) in [4.78, 5) is 27.7. The van der Waals surface area contributed by atoms with Crippen LogP contribution in [0.2, 0.25) is 5.15 Å². The lowest BCUT2D eigenvalue weighted by molar-refractivity contribution is 0.620. The molecule has 2 aromatic rings. The van der Waals surface area contributed by atoms with E-state index in [4.69, 9.17) is 11.6 Å². The summed E-state index contributed by atoms with van der Waals surface area (Å²) < 4.78 is 1.23. The van der Waals surface area contributed by atoms with E-state index in [1.165, 1.54) is 4.57 Å². The topological polar surface area (TPSA) is 54.9 Å². The summed E-state index contributed by atoms with van der Waals surface area (Å²) in [7, 11) is 0. The van der Waals surface area contributed by atoms with Gasteiger partial charge in [0.25, 0.3) is 5.56 Å². The van der Waals surface area contributed by atoms with Crippen LogP contribution in [0.15, 0.2) is 27.1 Å². The van der Waals surface area contributed by atoms with E-state index in [9.17, 15) is 9.59 Å². The Balaban J connectivity index is 2.32. The first kappa shape index (κ1) is 14.1. The first-order valence-electron chi connectivity index (χ1n) is 6.17. The van der Waals surface area contributed by atoms with Crippen molar-refractivity contribution < 1.29 is 0 Å². The molecule has 0 atom stereocenters. The number of hydrogen-bond donors (Lipinski definition) is 1. The van der Waals surface area contributed by atoms with Crippen LogP contribution in [0.5, 0.6) is 0 Å². The molecule has 19 heavy (non-hydrogen) atoms. The quantitative estimate of drug-likeness (QED) is 0.862. The number of nitrogens with one attached hydrogen (secondary N) is 1. The van der Waals surface area contributed by atoms with Gasteiger partial charge < -0.3 is 0 Å². The number of H-pyrrole nitrogens is 1. The minimum Gasteiger partial charge on any atom is -0.297 e. The van der Waals surface area contributed by atoms with Crippen molar-refractivity contribution in [3.8, 4) is 0 Å². The van der Waals surface area contributed by atoms with Crippen molar-refractivity contribution in [3.05, 3.63) is 53.9 Å². The number of aromatic nitrogens is 2. The summed E-state index contributed by atoms with van der Waals surface area (Å²) in [6.07, 6.45) is 2.06. The van der Waals surface area contributed by atoms with Gasteiger partial charge in [0.2, 0.25) is 0 Å². The van der Waals surface area contributed by atoms with Gasteiger partial charge in [0.1, 0.15) is 5.15 Å². The maximum atomic E-state index is 12.2. The molecular weight excluding hydrogens is 284 g/mol. The summed E-state index contributed by atoms with van der Waals surface area (Å²) in [5.41, 5.74) is -0.214. The third-order valence-electron chi connectivity index (χ3n) is 2.89. The van der Waals surface area contributed by atoms with Crippen LogP contribution in [0.25, 0.3) is 0 Å². The Hall–Kier alpha value is -1.33. The summed E-state index contributed by atoms with van der Waals surface area (Å²) in [5.74, 6) is 0. The van der Waals surface area contributed by atoms with Crippen LogP contribution in [0.4, 0.5) is 0 Å². The zero-order chi connectivity index (χ0) is 13.8. The lowest BCUT2D eigenvalue weighted by atomic mass is 10.2. The van der Waals surface area contributed by atoms with Crippen LogP contribution < -0.4 is 11.2 Å². The van der Waals surface area contributed by atoms with E-state index in [1.54, 1.807) is 11.3 Å². The Morgan fingerprint density at radius 1 is 1.37 bits per heavy atom. The van der Waals surface area contributed by atoms with E-state index in [1.807, 2.05) is 24.4 Å². The van der Waals surface area contributed by atoms with Crippen LogP contribution in [-0.4, -0.2) is 9.55 Å². The molecule has 0 radical (unpaired) electrons. The largest absolute Gasteiger partial charge is 0.329 e. The highest BCUT2D eigenvalue weighted by Gasteiger charge is 2.11. The second-order valence-corrected chi connectivity index (χ2v) is 5.67. The smallest absolute Gasteiger partial charge is 0.297 e. The van der Waals surface area contributed by atoms with Crippen molar-refractivity contribution in [2.45, 2.75) is 32.7 Å². The van der Waals surface area contributed by atoms with Crippen LogP contribution in [0.3, 0.4) is 0 Å². The standard InChI is InChI=1S/C13H15ClN2O2S/c1-2-4-10-11(14)15-13(18)16(12(10)17)7-6-9-5-3-8-19-9/h3,5,8H,2,4,6-7H2,1H3,(H,15,18). The summed E-state index contributed by atoms with van der Waals surface area (Å²) in [6.45, 7) is 2.35. The first-order valence-corrected chi connectivity index (χ1v) is 7.43. The Bertz CT molecular complexity index is 658. The predicted molar refractivity (Wildman–Crippen MR) is 78.4 cm³/mol. The van der Waals surface area contributed by atoms with E-state index in [2.05, 4.69) is 4.98 Å². The molecule has 2 heterocycles. The Morgan fingerprint density at radius 3 is 2.79 bits per heavy atom. The van der Waals surface area contributed by atoms with E-state index in [0.717, 1.165) is 11.3 Å². The van der Waals surface area contributed by atoms with Crippen LogP contribution >= 0.6 is 22.9 Å². The molecule has 0 amide bonds. The monoisotopic (exact) mass is 298 g/mol. The summed E-state index contributed by atoms with van der Waals surface area (Å²) in [6, 6.07) is 3.95. The highest BCUT2D eigenvalue weighted by molar-refractivity contribution is 7.09. The number of hydrogen-bond acceptors (Lipinski definition) is 3. The molecule has 0 bridgehead atoms. The fourth-order valence-corrected chi connectivity index (χ4v) is 2.89. The summed E-state index contributed by atoms with van der Waals surface area (Å²) in [5, 5.41) is 2.15. The van der Waals surface area contributed by atoms with Gasteiger partial charge in [-0.1, -0.05) is 31.0 Å². The van der Waals surface area contributed by atoms with Crippen molar-refractivity contribution in [1.29, 1.82) is 0 Å². The minimum atomic E-state index is -0.439. The molecule has 0 aromatic carbocycles. The third-order valence-corrected chi connectivity index (χ3v) is 4.15. The normalized spacial score (nSPS) is 10.8. The number of halogens is 1. The highest BCUT2D eigenvalue weighted by Crippen LogP contribution is 2.10. The maximum Gasteiger partial charge on any atom is 0.329 e. The molecule has 4 nitrogen and oxygen atoms in total. The lowest BCUT2D eigenvalue weighted by Gasteiger charge is -2.07. The first-order chi connectivity index (χ1) is 9.13. The van der Waals surface area contributed by atoms with Gasteiger partial charge in [-0.05, 0) is 24.3 Å². The third kappa shape index (κ3) is 3.16. The zero-order valence-corrected chi connectivity index (χ0v) is 12.2. The Kier molecular flexibility index (Phi) is 4.61. The van der Waals surface area contributed by atoms with Gasteiger partial charge >= 0.3 is 5.69 Å². The summed E-state index contributed by atoms with van der Waals surface area (Å²) >= 11 is 7.54. The van der Waals surface area contributed by atoms with Crippen LogP contribution in [-0.2, 0) is 19.4 Å². The van der Waals surface area contributed by atoms with E-state index >= 15 is 0 Å². The molecular formula is C13H15ClN2O2S. The van der Waals surface area contributed by atoms with Crippen LogP contribution in [0, 0.1) is 0 Å². The fourth-order valence-electron chi connectivity index (χ4n) is 1.93. The molecule has 0 fully saturated rings. The number of nitrogens with zero attached hydrogens (tertiary/aromatic N) is 1. The van der Waals surface area contributed by atoms with Crippen molar-refractivity contribution in [2.75, 3.05) is 0 Å². The number of thiophene rings is 1. The fraction of sp³-hybridized carbons (Fsp3) is 0.385. The molecule has 0 aliphatic heterocycles. The van der Waals surface area contributed by atoms with Crippen molar-refractivity contribution in [1.82, 2.24) is 9.55 Å². The molecule has 0 aliphatic rings. The Morgan fingerprint density at radius 2 is 2.16 bits per heavy atom. The molecule has 6 heteroatoms. The van der Waals surface area contributed by atoms with Gasteiger partial charge in [-0.2, -0.15) is 0 Å². The lowest BCUT2D eigenvalue weighted by Crippen LogP contribution is -2.37. The van der Waals surface area contributed by atoms with Crippen molar-refractivity contribution >= 4 is 22.9 Å². The molecule has 0 spiro atoms. The minimum absolute atomic E-state index is 0.171. The predicted octanol–water partition coefficient (Wildman–Crippen LogP) is 2.45. The highest BCUT2D eigenvalue weighted by atomic mass is 35.5. The van der Waals surface area contributed by atoms with Gasteiger partial charge in [0.15, 0.2) is 0 Å². The number of rotatable bonds is 5. The number of aromatic amines is 1. The SMILES string of the molecule is CCCc1c(Cl)[nH]c(=O)n(CCc2cccs2)c1=O. The molecule has 1 N–H and O–H groups in total. The van der Waals surface area contributed by atoms with E-state index < -0.39 is 5.69 Å². The zero-order valence-electron chi connectivity index (χ0n) is 10.6. The molecule has 0 saturated carbocycles. The van der Waals surface area contributed by atoms with E-state index in [-0.39, 0.29) is 10.7 Å². The molecule has 2 aromatic heterocycles. The molecule has 2 rings (SSSR count). The second kappa shape index (κ2) is 6.21. The molecule has 0 saturated heterocycles. The Labute approximate surface area is 119 Å². The van der Waals surface area contributed by atoms with E-state index in [0.29, 0.717) is 24.9 Å². The van der Waals surface area contributed by atoms with Crippen molar-refractivity contribution in [3.63, 3.8) is 0 Å². The average molecular weight is 299 g/mol. The van der Waals surface area contributed by atoms with Gasteiger partial charge in [-0.25, -0.2) is 4.79 Å². The molecule has 102 valence electrons. The van der Waals surface area contributed by atoms with Crippen molar-refractivity contribution in [2.24, 2.45) is 0 Å². The van der Waals surface area contributed by atoms with Gasteiger partial charge in [-0.3, -0.25) is 14.3 Å². The average Bonchev–Trinajstić information content (AvgIpc) is 2.87.